The van der Waals surface area contributed by atoms with E-state index in [0.717, 1.165) is 0 Å². The van der Waals surface area contributed by atoms with E-state index in [1.54, 1.807) is 37.1 Å². The van der Waals surface area contributed by atoms with Crippen molar-refractivity contribution >= 4 is 17.5 Å². The largest absolute Gasteiger partial charge is 0.494 e. The Kier molecular flexibility index (Phi) is 6.11. The van der Waals surface area contributed by atoms with Crippen LogP contribution in [0.4, 0.5) is 10.1 Å². The van der Waals surface area contributed by atoms with Gasteiger partial charge in [-0.05, 0) is 72.7 Å². The molecule has 166 valence electrons. The number of aryl methyl sites for hydroxylation is 1. The SMILES string of the molecule is COc1ccc(NC(=O)C2CCCN(C(=O)c3ccc(F)cc3)C2)cc1-n1nnnc1C. The zero-order valence-corrected chi connectivity index (χ0v) is 17.8. The van der Waals surface area contributed by atoms with Crippen LogP contribution in [0.3, 0.4) is 0 Å². The lowest BCUT2D eigenvalue weighted by Crippen LogP contribution is -2.43. The number of likely N-dealkylation sites (tertiary alicyclic amines) is 1. The number of nitrogens with zero attached hydrogens (tertiary/aromatic N) is 5. The normalized spacial score (nSPS) is 16.0. The van der Waals surface area contributed by atoms with Crippen LogP contribution < -0.4 is 10.1 Å². The molecule has 2 amide bonds. The maximum absolute atomic E-state index is 13.2. The summed E-state index contributed by atoms with van der Waals surface area (Å²) in [6.07, 6.45) is 1.39. The summed E-state index contributed by atoms with van der Waals surface area (Å²) >= 11 is 0. The summed E-state index contributed by atoms with van der Waals surface area (Å²) in [4.78, 5) is 27.4. The van der Waals surface area contributed by atoms with Crippen LogP contribution in [-0.2, 0) is 4.79 Å². The first-order chi connectivity index (χ1) is 15.5. The van der Waals surface area contributed by atoms with Crippen molar-refractivity contribution in [3.63, 3.8) is 0 Å². The van der Waals surface area contributed by atoms with Crippen LogP contribution in [0, 0.1) is 18.7 Å². The Labute approximate surface area is 184 Å². The van der Waals surface area contributed by atoms with Crippen LogP contribution in [0.15, 0.2) is 42.5 Å². The fourth-order valence-electron chi connectivity index (χ4n) is 3.78. The number of carbonyl (C=O) groups excluding carboxylic acids is 2. The molecule has 1 fully saturated rings. The number of piperidine rings is 1. The fourth-order valence-corrected chi connectivity index (χ4v) is 3.78. The van der Waals surface area contributed by atoms with Crippen molar-refractivity contribution in [1.29, 1.82) is 0 Å². The van der Waals surface area contributed by atoms with Crippen molar-refractivity contribution in [2.24, 2.45) is 5.92 Å². The number of tetrazole rings is 1. The Hall–Kier alpha value is -3.82. The molecule has 9 nitrogen and oxygen atoms in total. The van der Waals surface area contributed by atoms with E-state index in [1.165, 1.54) is 28.9 Å². The minimum Gasteiger partial charge on any atom is -0.494 e. The molecule has 2 aromatic carbocycles. The van der Waals surface area contributed by atoms with E-state index in [1.807, 2.05) is 0 Å². The maximum Gasteiger partial charge on any atom is 0.253 e. The van der Waals surface area contributed by atoms with Crippen molar-refractivity contribution in [2.45, 2.75) is 19.8 Å². The van der Waals surface area contributed by atoms with E-state index in [-0.39, 0.29) is 17.7 Å². The van der Waals surface area contributed by atoms with Crippen LogP contribution in [0.25, 0.3) is 5.69 Å². The lowest BCUT2D eigenvalue weighted by atomic mass is 9.96. The minimum absolute atomic E-state index is 0.175. The van der Waals surface area contributed by atoms with Crippen LogP contribution >= 0.6 is 0 Å². The molecule has 32 heavy (non-hydrogen) atoms. The minimum atomic E-state index is -0.395. The number of methoxy groups -OCH3 is 1. The van der Waals surface area contributed by atoms with Gasteiger partial charge in [-0.1, -0.05) is 0 Å². The second-order valence-electron chi connectivity index (χ2n) is 7.61. The van der Waals surface area contributed by atoms with E-state index in [0.29, 0.717) is 54.4 Å². The predicted molar refractivity (Wildman–Crippen MR) is 114 cm³/mol. The molecule has 1 aromatic heterocycles. The topological polar surface area (TPSA) is 102 Å². The van der Waals surface area contributed by atoms with Crippen molar-refractivity contribution in [1.82, 2.24) is 25.1 Å². The van der Waals surface area contributed by atoms with Crippen LogP contribution in [0.1, 0.15) is 29.0 Å². The molecular formula is C22H23FN6O3. The molecule has 1 aliphatic heterocycles. The highest BCUT2D eigenvalue weighted by Crippen LogP contribution is 2.27. The third-order valence-corrected chi connectivity index (χ3v) is 5.47. The van der Waals surface area contributed by atoms with Gasteiger partial charge in [-0.25, -0.2) is 4.39 Å². The molecular weight excluding hydrogens is 415 g/mol. The number of ether oxygens (including phenoxy) is 1. The number of rotatable bonds is 5. The number of hydrogen-bond donors (Lipinski definition) is 1. The summed E-state index contributed by atoms with van der Waals surface area (Å²) in [6.45, 7) is 2.63. The van der Waals surface area contributed by atoms with E-state index in [2.05, 4.69) is 20.8 Å². The molecule has 1 saturated heterocycles. The summed E-state index contributed by atoms with van der Waals surface area (Å²) in [6, 6.07) is 10.7. The Morgan fingerprint density at radius 1 is 1.19 bits per heavy atom. The van der Waals surface area contributed by atoms with Gasteiger partial charge in [0.2, 0.25) is 5.91 Å². The zero-order valence-electron chi connectivity index (χ0n) is 17.8. The van der Waals surface area contributed by atoms with Crippen LogP contribution in [0.5, 0.6) is 5.75 Å². The summed E-state index contributed by atoms with van der Waals surface area (Å²) in [5.74, 6) is 0.0114. The molecule has 0 aliphatic carbocycles. The molecule has 0 bridgehead atoms. The Balaban J connectivity index is 1.47. The number of carbonyl (C=O) groups is 2. The third kappa shape index (κ3) is 4.43. The molecule has 1 aliphatic rings. The number of hydrogen-bond acceptors (Lipinski definition) is 6. The number of benzene rings is 2. The first-order valence-electron chi connectivity index (χ1n) is 10.3. The molecule has 1 unspecified atom stereocenters. The zero-order chi connectivity index (χ0) is 22.7. The molecule has 2 heterocycles. The second-order valence-corrected chi connectivity index (χ2v) is 7.61. The van der Waals surface area contributed by atoms with Gasteiger partial charge in [0, 0.05) is 24.3 Å². The van der Waals surface area contributed by atoms with Crippen molar-refractivity contribution in [3.8, 4) is 11.4 Å². The molecule has 1 atom stereocenters. The highest BCUT2D eigenvalue weighted by Gasteiger charge is 2.29. The third-order valence-electron chi connectivity index (χ3n) is 5.47. The summed E-state index contributed by atoms with van der Waals surface area (Å²) < 4.78 is 20.1. The van der Waals surface area contributed by atoms with Gasteiger partial charge in [0.1, 0.15) is 17.3 Å². The summed E-state index contributed by atoms with van der Waals surface area (Å²) in [5, 5.41) is 14.4. The molecule has 3 aromatic rings. The second kappa shape index (κ2) is 9.13. The average molecular weight is 438 g/mol. The Bertz CT molecular complexity index is 1130. The van der Waals surface area contributed by atoms with Gasteiger partial charge >= 0.3 is 0 Å². The van der Waals surface area contributed by atoms with E-state index in [9.17, 15) is 14.0 Å². The van der Waals surface area contributed by atoms with E-state index in [4.69, 9.17) is 4.74 Å². The first kappa shape index (κ1) is 21.4. The average Bonchev–Trinajstić information content (AvgIpc) is 3.24. The number of nitrogens with one attached hydrogen (secondary N) is 1. The van der Waals surface area contributed by atoms with Gasteiger partial charge in [-0.15, -0.1) is 5.10 Å². The standard InChI is InChI=1S/C22H23FN6O3/c1-14-25-26-27-29(14)19-12-18(9-10-20(19)32-2)24-21(30)16-4-3-11-28(13-16)22(31)15-5-7-17(23)8-6-15/h5-10,12,16H,3-4,11,13H2,1-2H3,(H,24,30). The summed E-state index contributed by atoms with van der Waals surface area (Å²) in [7, 11) is 1.55. The molecule has 4 rings (SSSR count). The van der Waals surface area contributed by atoms with Gasteiger partial charge in [-0.2, -0.15) is 4.68 Å². The number of halogens is 1. The Morgan fingerprint density at radius 2 is 1.97 bits per heavy atom. The number of aromatic nitrogens is 4. The number of amides is 2. The Morgan fingerprint density at radius 3 is 2.66 bits per heavy atom. The van der Waals surface area contributed by atoms with Gasteiger partial charge in [0.05, 0.1) is 13.0 Å². The summed E-state index contributed by atoms with van der Waals surface area (Å²) in [5.41, 5.74) is 1.58. The highest BCUT2D eigenvalue weighted by atomic mass is 19.1. The predicted octanol–water partition coefficient (Wildman–Crippen LogP) is 2.61. The lowest BCUT2D eigenvalue weighted by molar-refractivity contribution is -0.121. The highest BCUT2D eigenvalue weighted by molar-refractivity contribution is 5.96. The fraction of sp³-hybridized carbons (Fsp3) is 0.318. The van der Waals surface area contributed by atoms with Gasteiger partial charge in [0.15, 0.2) is 5.82 Å². The van der Waals surface area contributed by atoms with E-state index >= 15 is 0 Å². The van der Waals surface area contributed by atoms with Gasteiger partial charge in [-0.3, -0.25) is 9.59 Å². The molecule has 0 radical (unpaired) electrons. The molecule has 0 spiro atoms. The molecule has 1 N–H and O–H groups in total. The van der Waals surface area contributed by atoms with Crippen LogP contribution in [-0.4, -0.2) is 57.1 Å². The number of anilines is 1. The maximum atomic E-state index is 13.2. The first-order valence-corrected chi connectivity index (χ1v) is 10.3. The van der Waals surface area contributed by atoms with Gasteiger partial charge in [0.25, 0.3) is 5.91 Å². The van der Waals surface area contributed by atoms with Crippen molar-refractivity contribution in [3.05, 3.63) is 59.7 Å². The lowest BCUT2D eigenvalue weighted by Gasteiger charge is -2.32. The smallest absolute Gasteiger partial charge is 0.253 e. The van der Waals surface area contributed by atoms with Crippen LogP contribution in [0.2, 0.25) is 0 Å². The van der Waals surface area contributed by atoms with Gasteiger partial charge < -0.3 is 15.0 Å². The monoisotopic (exact) mass is 438 g/mol. The quantitative estimate of drug-likeness (QED) is 0.657. The van der Waals surface area contributed by atoms with Crippen molar-refractivity contribution in [2.75, 3.05) is 25.5 Å². The molecule has 0 saturated carbocycles. The molecule has 10 heteroatoms. The van der Waals surface area contributed by atoms with E-state index < -0.39 is 5.82 Å². The van der Waals surface area contributed by atoms with Crippen molar-refractivity contribution < 1.29 is 18.7 Å².